The van der Waals surface area contributed by atoms with Gasteiger partial charge in [0.2, 0.25) is 0 Å². The molecule has 1 rings (SSSR count). The molecule has 2 N–H and O–H groups in total. The zero-order valence-electron chi connectivity index (χ0n) is 11.2. The number of β-amino-alcohol motifs (C(OH)–C–C–N with tert-alkyl or cyclic N) is 1. The fourth-order valence-corrected chi connectivity index (χ4v) is 1.66. The van der Waals surface area contributed by atoms with Crippen molar-refractivity contribution in [2.75, 3.05) is 13.7 Å². The monoisotopic (exact) mass is 237 g/mol. The van der Waals surface area contributed by atoms with Crippen molar-refractivity contribution < 1.29 is 9.84 Å². The minimum Gasteiger partial charge on any atom is -0.387 e. The summed E-state index contributed by atoms with van der Waals surface area (Å²) >= 11 is 0. The van der Waals surface area contributed by atoms with Crippen molar-refractivity contribution in [2.45, 2.75) is 39.0 Å². The first-order valence-electron chi connectivity index (χ1n) is 5.94. The fraction of sp³-hybridized carbons (Fsp3) is 0.571. The third kappa shape index (κ3) is 4.86. The third-order valence-corrected chi connectivity index (χ3v) is 2.54. The summed E-state index contributed by atoms with van der Waals surface area (Å²) in [4.78, 5) is 0. The Morgan fingerprint density at radius 3 is 2.53 bits per heavy atom. The van der Waals surface area contributed by atoms with E-state index in [1.807, 2.05) is 24.3 Å². The molecule has 0 aliphatic heterocycles. The summed E-state index contributed by atoms with van der Waals surface area (Å²) in [5.74, 6) is 0. The van der Waals surface area contributed by atoms with Crippen LogP contribution in [0.15, 0.2) is 24.3 Å². The molecule has 17 heavy (non-hydrogen) atoms. The van der Waals surface area contributed by atoms with Crippen molar-refractivity contribution in [3.8, 4) is 0 Å². The normalized spacial score (nSPS) is 13.7. The molecule has 0 amide bonds. The SMILES string of the molecule is COCc1ccccc1C(O)CNC(C)(C)C. The second-order valence-electron chi connectivity index (χ2n) is 5.28. The Hall–Kier alpha value is -0.900. The molecule has 1 aromatic rings. The van der Waals surface area contributed by atoms with Crippen molar-refractivity contribution in [1.29, 1.82) is 0 Å². The van der Waals surface area contributed by atoms with Gasteiger partial charge in [0.05, 0.1) is 12.7 Å². The molecule has 0 saturated heterocycles. The van der Waals surface area contributed by atoms with Gasteiger partial charge in [-0.2, -0.15) is 0 Å². The molecule has 96 valence electrons. The van der Waals surface area contributed by atoms with Crippen molar-refractivity contribution in [1.82, 2.24) is 5.32 Å². The highest BCUT2D eigenvalue weighted by molar-refractivity contribution is 5.28. The lowest BCUT2D eigenvalue weighted by Crippen LogP contribution is -2.38. The van der Waals surface area contributed by atoms with Gasteiger partial charge in [0.1, 0.15) is 0 Å². The largest absolute Gasteiger partial charge is 0.387 e. The average Bonchev–Trinajstić information content (AvgIpc) is 2.26. The summed E-state index contributed by atoms with van der Waals surface area (Å²) in [5, 5.41) is 13.5. The maximum atomic E-state index is 10.2. The lowest BCUT2D eigenvalue weighted by molar-refractivity contribution is 0.152. The van der Waals surface area contributed by atoms with E-state index < -0.39 is 6.10 Å². The highest BCUT2D eigenvalue weighted by Gasteiger charge is 2.15. The highest BCUT2D eigenvalue weighted by atomic mass is 16.5. The molecule has 0 aliphatic carbocycles. The highest BCUT2D eigenvalue weighted by Crippen LogP contribution is 2.18. The van der Waals surface area contributed by atoms with E-state index in [-0.39, 0.29) is 5.54 Å². The minimum absolute atomic E-state index is 0.0111. The van der Waals surface area contributed by atoms with Crippen LogP contribution in [0.3, 0.4) is 0 Å². The van der Waals surface area contributed by atoms with Gasteiger partial charge in [-0.3, -0.25) is 0 Å². The quantitative estimate of drug-likeness (QED) is 0.825. The van der Waals surface area contributed by atoms with E-state index in [0.29, 0.717) is 13.2 Å². The topological polar surface area (TPSA) is 41.5 Å². The number of benzene rings is 1. The molecule has 0 aromatic heterocycles. The first-order valence-corrected chi connectivity index (χ1v) is 5.94. The third-order valence-electron chi connectivity index (χ3n) is 2.54. The molecule has 3 nitrogen and oxygen atoms in total. The van der Waals surface area contributed by atoms with Crippen LogP contribution in [0.2, 0.25) is 0 Å². The van der Waals surface area contributed by atoms with Gasteiger partial charge in [0.15, 0.2) is 0 Å². The summed E-state index contributed by atoms with van der Waals surface area (Å²) < 4.78 is 5.13. The fourth-order valence-electron chi connectivity index (χ4n) is 1.66. The van der Waals surface area contributed by atoms with Crippen LogP contribution in [-0.4, -0.2) is 24.3 Å². The van der Waals surface area contributed by atoms with Gasteiger partial charge in [0.25, 0.3) is 0 Å². The van der Waals surface area contributed by atoms with Crippen LogP contribution in [0.25, 0.3) is 0 Å². The number of methoxy groups -OCH3 is 1. The van der Waals surface area contributed by atoms with E-state index in [4.69, 9.17) is 4.74 Å². The van der Waals surface area contributed by atoms with Crippen molar-refractivity contribution in [3.05, 3.63) is 35.4 Å². The number of hydrogen-bond donors (Lipinski definition) is 2. The number of aliphatic hydroxyl groups is 1. The van der Waals surface area contributed by atoms with Crippen molar-refractivity contribution >= 4 is 0 Å². The predicted octanol–water partition coefficient (Wildman–Crippen LogP) is 2.25. The standard InChI is InChI=1S/C14H23NO2/c1-14(2,3)15-9-13(16)12-8-6-5-7-11(12)10-17-4/h5-8,13,15-16H,9-10H2,1-4H3. The molecule has 0 saturated carbocycles. The van der Waals surface area contributed by atoms with Gasteiger partial charge in [0, 0.05) is 19.2 Å². The van der Waals surface area contributed by atoms with E-state index in [9.17, 15) is 5.11 Å². The second-order valence-corrected chi connectivity index (χ2v) is 5.28. The maximum Gasteiger partial charge on any atom is 0.0918 e. The molecule has 0 spiro atoms. The number of rotatable bonds is 5. The Labute approximate surface area is 104 Å². The molecule has 0 aliphatic rings. The number of nitrogens with one attached hydrogen (secondary N) is 1. The van der Waals surface area contributed by atoms with E-state index in [1.54, 1.807) is 7.11 Å². The zero-order valence-corrected chi connectivity index (χ0v) is 11.2. The Balaban J connectivity index is 2.70. The van der Waals surface area contributed by atoms with E-state index in [2.05, 4.69) is 26.1 Å². The summed E-state index contributed by atoms with van der Waals surface area (Å²) in [6.45, 7) is 7.33. The number of hydrogen-bond acceptors (Lipinski definition) is 3. The summed E-state index contributed by atoms with van der Waals surface area (Å²) in [6, 6.07) is 7.83. The minimum atomic E-state index is -0.499. The maximum absolute atomic E-state index is 10.2. The zero-order chi connectivity index (χ0) is 12.9. The lowest BCUT2D eigenvalue weighted by Gasteiger charge is -2.24. The van der Waals surface area contributed by atoms with Gasteiger partial charge in [-0.25, -0.2) is 0 Å². The number of aliphatic hydroxyl groups excluding tert-OH is 1. The Morgan fingerprint density at radius 2 is 1.94 bits per heavy atom. The van der Waals surface area contributed by atoms with Crippen LogP contribution in [0, 0.1) is 0 Å². The summed E-state index contributed by atoms with van der Waals surface area (Å²) in [5.41, 5.74) is 1.99. The van der Waals surface area contributed by atoms with Crippen LogP contribution < -0.4 is 5.32 Å². The van der Waals surface area contributed by atoms with E-state index in [1.165, 1.54) is 0 Å². The van der Waals surface area contributed by atoms with Gasteiger partial charge in [-0.15, -0.1) is 0 Å². The molecule has 0 fully saturated rings. The first-order chi connectivity index (χ1) is 7.94. The predicted molar refractivity (Wildman–Crippen MR) is 69.9 cm³/mol. The molecule has 1 unspecified atom stereocenters. The molecule has 3 heteroatoms. The van der Waals surface area contributed by atoms with Crippen LogP contribution in [-0.2, 0) is 11.3 Å². The molecule has 0 radical (unpaired) electrons. The first kappa shape index (κ1) is 14.2. The molecule has 0 bridgehead atoms. The van der Waals surface area contributed by atoms with Gasteiger partial charge < -0.3 is 15.2 Å². The summed E-state index contributed by atoms with van der Waals surface area (Å²) in [6.07, 6.45) is -0.499. The molecule has 1 atom stereocenters. The molecule has 1 aromatic carbocycles. The Kier molecular flexibility index (Phi) is 5.12. The van der Waals surface area contributed by atoms with E-state index >= 15 is 0 Å². The van der Waals surface area contributed by atoms with Gasteiger partial charge in [-0.1, -0.05) is 24.3 Å². The van der Waals surface area contributed by atoms with Crippen LogP contribution >= 0.6 is 0 Å². The lowest BCUT2D eigenvalue weighted by atomic mass is 10.0. The Bertz CT molecular complexity index is 344. The van der Waals surface area contributed by atoms with Gasteiger partial charge >= 0.3 is 0 Å². The summed E-state index contributed by atoms with van der Waals surface area (Å²) in [7, 11) is 1.66. The van der Waals surface area contributed by atoms with E-state index in [0.717, 1.165) is 11.1 Å². The van der Waals surface area contributed by atoms with Crippen LogP contribution in [0.5, 0.6) is 0 Å². The van der Waals surface area contributed by atoms with Crippen LogP contribution in [0.4, 0.5) is 0 Å². The molecular weight excluding hydrogens is 214 g/mol. The molecule has 0 heterocycles. The van der Waals surface area contributed by atoms with Crippen LogP contribution in [0.1, 0.15) is 38.0 Å². The smallest absolute Gasteiger partial charge is 0.0918 e. The van der Waals surface area contributed by atoms with Gasteiger partial charge in [-0.05, 0) is 31.9 Å². The Morgan fingerprint density at radius 1 is 1.29 bits per heavy atom. The van der Waals surface area contributed by atoms with Crippen molar-refractivity contribution in [3.63, 3.8) is 0 Å². The van der Waals surface area contributed by atoms with Crippen molar-refractivity contribution in [2.24, 2.45) is 0 Å². The average molecular weight is 237 g/mol. The molecular formula is C14H23NO2. The second kappa shape index (κ2) is 6.15. The number of ether oxygens (including phenoxy) is 1.